The molecule has 1 atom stereocenters. The van der Waals surface area contributed by atoms with Crippen LogP contribution in [0.2, 0.25) is 0 Å². The van der Waals surface area contributed by atoms with Crippen LogP contribution in [0.15, 0.2) is 18.2 Å². The lowest BCUT2D eigenvalue weighted by Gasteiger charge is -2.59. The monoisotopic (exact) mass is 413 g/mol. The number of hydrogen-bond donors (Lipinski definition) is 2. The number of piperazine rings is 1. The summed E-state index contributed by atoms with van der Waals surface area (Å²) in [5.41, 5.74) is 1.28. The van der Waals surface area contributed by atoms with Gasteiger partial charge in [-0.2, -0.15) is 0 Å². The minimum atomic E-state index is -0.354. The molecule has 5 aliphatic rings. The first-order valence-corrected chi connectivity index (χ1v) is 11.6. The van der Waals surface area contributed by atoms with E-state index in [0.29, 0.717) is 11.3 Å². The molecular weight excluding hydrogens is 380 g/mol. The molecule has 1 heterocycles. The van der Waals surface area contributed by atoms with E-state index in [9.17, 15) is 14.9 Å². The maximum atomic E-state index is 13.1. The third-order valence-electron chi connectivity index (χ3n) is 8.33. The summed E-state index contributed by atoms with van der Waals surface area (Å²) in [6.07, 6.45) is 7.81. The van der Waals surface area contributed by atoms with Gasteiger partial charge < -0.3 is 15.5 Å². The van der Waals surface area contributed by atoms with E-state index in [4.69, 9.17) is 0 Å². The molecule has 0 radical (unpaired) electrons. The molecule has 0 aromatic heterocycles. The van der Waals surface area contributed by atoms with Gasteiger partial charge >= 0.3 is 0 Å². The zero-order valence-electron chi connectivity index (χ0n) is 17.8. The van der Waals surface area contributed by atoms with Crippen LogP contribution in [0, 0.1) is 33.3 Å². The molecule has 7 heteroatoms. The minimum absolute atomic E-state index is 0.0343. The summed E-state index contributed by atoms with van der Waals surface area (Å²) < 4.78 is 0. The van der Waals surface area contributed by atoms with E-state index in [2.05, 4.69) is 22.5 Å². The number of anilines is 1. The Hall–Kier alpha value is -2.15. The van der Waals surface area contributed by atoms with Gasteiger partial charge in [0.1, 0.15) is 5.69 Å². The van der Waals surface area contributed by atoms with Gasteiger partial charge in [-0.25, -0.2) is 0 Å². The molecule has 1 aromatic rings. The zero-order chi connectivity index (χ0) is 20.9. The van der Waals surface area contributed by atoms with Crippen molar-refractivity contribution in [3.63, 3.8) is 0 Å². The summed E-state index contributed by atoms with van der Waals surface area (Å²) in [7, 11) is 0. The maximum Gasteiger partial charge on any atom is 0.293 e. The van der Waals surface area contributed by atoms with E-state index < -0.39 is 0 Å². The number of carbonyl (C=O) groups excluding carboxylic acids is 1. The number of benzene rings is 1. The number of nitrogens with two attached hydrogens (primary N) is 1. The van der Waals surface area contributed by atoms with E-state index in [1.807, 2.05) is 0 Å². The second-order valence-electron chi connectivity index (χ2n) is 10.3. The van der Waals surface area contributed by atoms with Gasteiger partial charge in [0.25, 0.3) is 11.6 Å². The van der Waals surface area contributed by atoms with Gasteiger partial charge in [-0.05, 0) is 80.8 Å². The number of carbonyl (C=O) groups is 1. The highest BCUT2D eigenvalue weighted by Crippen LogP contribution is 2.61. The molecule has 4 saturated carbocycles. The second kappa shape index (κ2) is 7.52. The van der Waals surface area contributed by atoms with E-state index in [1.54, 1.807) is 12.1 Å². The number of nitro benzene ring substituents is 1. The third kappa shape index (κ3) is 3.47. The van der Waals surface area contributed by atoms with Crippen LogP contribution < -0.4 is 15.5 Å². The van der Waals surface area contributed by atoms with Crippen LogP contribution in [0.25, 0.3) is 0 Å². The lowest BCUT2D eigenvalue weighted by molar-refractivity contribution is -0.655. The highest BCUT2D eigenvalue weighted by atomic mass is 16.6. The van der Waals surface area contributed by atoms with Gasteiger partial charge in [0.2, 0.25) is 0 Å². The topological polar surface area (TPSA) is 92.1 Å². The molecule has 30 heavy (non-hydrogen) atoms. The summed E-state index contributed by atoms with van der Waals surface area (Å²) in [5, 5.41) is 17.2. The number of amides is 1. The first kappa shape index (κ1) is 19.8. The Balaban J connectivity index is 1.33. The number of quaternary nitrogens is 1. The van der Waals surface area contributed by atoms with Crippen molar-refractivity contribution in [2.24, 2.45) is 23.2 Å². The van der Waals surface area contributed by atoms with Crippen LogP contribution in [0.3, 0.4) is 0 Å². The zero-order valence-corrected chi connectivity index (χ0v) is 17.8. The fraction of sp³-hybridized carbons (Fsp3) is 0.696. The predicted molar refractivity (Wildman–Crippen MR) is 115 cm³/mol. The molecule has 1 aromatic carbocycles. The molecule has 1 aliphatic heterocycles. The van der Waals surface area contributed by atoms with Gasteiger partial charge in [-0.15, -0.1) is 0 Å². The van der Waals surface area contributed by atoms with Crippen molar-refractivity contribution in [1.82, 2.24) is 5.32 Å². The van der Waals surface area contributed by atoms with Crippen molar-refractivity contribution in [3.8, 4) is 0 Å². The van der Waals surface area contributed by atoms with Gasteiger partial charge in [0, 0.05) is 17.7 Å². The van der Waals surface area contributed by atoms with E-state index >= 15 is 0 Å². The molecule has 5 fully saturated rings. The molecular formula is C23H33N4O3+. The number of rotatable bonds is 5. The Kier molecular flexibility index (Phi) is 4.96. The molecule has 4 bridgehead atoms. The average molecular weight is 414 g/mol. The highest BCUT2D eigenvalue weighted by Gasteiger charge is 2.53. The van der Waals surface area contributed by atoms with Crippen LogP contribution in [0.5, 0.6) is 0 Å². The van der Waals surface area contributed by atoms with Gasteiger partial charge in [0.05, 0.1) is 31.1 Å². The standard InChI is InChI=1S/C23H32N4O3/c1-15(23-12-16-8-17(13-23)10-18(9-16)14-23)25-22(28)19-2-3-20(21(11-19)27(29)30)26-6-4-24-5-7-26/h2-3,11,15-18,24H,4-10,12-14H2,1H3,(H,25,28)/p+1/t15-,16?,17?,18?,23?/m0/s1. The number of nitrogens with one attached hydrogen (secondary N) is 1. The van der Waals surface area contributed by atoms with Crippen LogP contribution in [0.1, 0.15) is 55.8 Å². The number of nitro groups is 1. The Bertz CT molecular complexity index is 814. The SMILES string of the molecule is C[C@H](NC(=O)c1ccc(N2CC[NH2+]CC2)c([N+](=O)[O-])c1)C12CC3CC(CC(C3)C1)C2. The molecule has 6 rings (SSSR count). The Morgan fingerprint density at radius 1 is 1.17 bits per heavy atom. The Labute approximate surface area is 177 Å². The van der Waals surface area contributed by atoms with Crippen LogP contribution >= 0.6 is 0 Å². The summed E-state index contributed by atoms with van der Waals surface area (Å²) in [4.78, 5) is 26.5. The van der Waals surface area contributed by atoms with Crippen molar-refractivity contribution in [2.45, 2.75) is 51.5 Å². The molecule has 1 amide bonds. The van der Waals surface area contributed by atoms with E-state index in [1.165, 1.54) is 44.6 Å². The average Bonchev–Trinajstić information content (AvgIpc) is 2.73. The summed E-state index contributed by atoms with van der Waals surface area (Å²) >= 11 is 0. The Morgan fingerprint density at radius 3 is 2.33 bits per heavy atom. The first-order valence-electron chi connectivity index (χ1n) is 11.6. The molecule has 1 saturated heterocycles. The van der Waals surface area contributed by atoms with Gasteiger partial charge in [-0.1, -0.05) is 0 Å². The predicted octanol–water partition coefficient (Wildman–Crippen LogP) is 2.31. The van der Waals surface area contributed by atoms with Crippen LogP contribution in [0.4, 0.5) is 11.4 Å². The van der Waals surface area contributed by atoms with Crippen molar-refractivity contribution >= 4 is 17.3 Å². The second-order valence-corrected chi connectivity index (χ2v) is 10.3. The third-order valence-corrected chi connectivity index (χ3v) is 8.33. The van der Waals surface area contributed by atoms with Crippen molar-refractivity contribution in [1.29, 1.82) is 0 Å². The normalized spacial score (nSPS) is 33.4. The maximum absolute atomic E-state index is 13.1. The molecule has 0 spiro atoms. The largest absolute Gasteiger partial charge is 0.355 e. The Morgan fingerprint density at radius 2 is 1.77 bits per heavy atom. The molecule has 3 N–H and O–H groups in total. The minimum Gasteiger partial charge on any atom is -0.355 e. The fourth-order valence-corrected chi connectivity index (χ4v) is 7.21. The molecule has 162 valence electrons. The fourth-order valence-electron chi connectivity index (χ4n) is 7.21. The first-order chi connectivity index (χ1) is 14.4. The van der Waals surface area contributed by atoms with Crippen molar-refractivity contribution < 1.29 is 15.0 Å². The lowest BCUT2D eigenvalue weighted by atomic mass is 9.48. The summed E-state index contributed by atoms with van der Waals surface area (Å²) in [6, 6.07) is 5.08. The number of hydrogen-bond acceptors (Lipinski definition) is 4. The molecule has 7 nitrogen and oxygen atoms in total. The van der Waals surface area contributed by atoms with Crippen molar-refractivity contribution in [2.75, 3.05) is 31.1 Å². The lowest BCUT2D eigenvalue weighted by Crippen LogP contribution is -2.89. The van der Waals surface area contributed by atoms with Gasteiger partial charge in [0.15, 0.2) is 0 Å². The molecule has 0 unspecified atom stereocenters. The van der Waals surface area contributed by atoms with E-state index in [-0.39, 0.29) is 28.0 Å². The highest BCUT2D eigenvalue weighted by molar-refractivity contribution is 5.96. The van der Waals surface area contributed by atoms with Crippen LogP contribution in [-0.4, -0.2) is 43.1 Å². The van der Waals surface area contributed by atoms with Crippen molar-refractivity contribution in [3.05, 3.63) is 33.9 Å². The van der Waals surface area contributed by atoms with Gasteiger partial charge in [-0.3, -0.25) is 14.9 Å². The van der Waals surface area contributed by atoms with Crippen LogP contribution in [-0.2, 0) is 0 Å². The molecule has 4 aliphatic carbocycles. The summed E-state index contributed by atoms with van der Waals surface area (Å²) in [6.45, 7) is 5.59. The van der Waals surface area contributed by atoms with E-state index in [0.717, 1.165) is 43.9 Å². The smallest absolute Gasteiger partial charge is 0.293 e. The number of nitrogens with zero attached hydrogens (tertiary/aromatic N) is 2. The quantitative estimate of drug-likeness (QED) is 0.572. The summed E-state index contributed by atoms with van der Waals surface area (Å²) in [5.74, 6) is 2.31.